The van der Waals surface area contributed by atoms with Gasteiger partial charge in [0.2, 0.25) is 5.91 Å². The van der Waals surface area contributed by atoms with Crippen molar-refractivity contribution in [2.75, 3.05) is 13.2 Å². The Hall–Kier alpha value is -3.06. The van der Waals surface area contributed by atoms with Gasteiger partial charge >= 0.3 is 0 Å². The van der Waals surface area contributed by atoms with Gasteiger partial charge in [0, 0.05) is 17.7 Å². The summed E-state index contributed by atoms with van der Waals surface area (Å²) in [7, 11) is 0. The topological polar surface area (TPSA) is 111 Å². The van der Waals surface area contributed by atoms with Gasteiger partial charge in [0.05, 0.1) is 12.6 Å². The van der Waals surface area contributed by atoms with Gasteiger partial charge in [0.1, 0.15) is 17.6 Å². The molecule has 0 saturated carbocycles. The summed E-state index contributed by atoms with van der Waals surface area (Å²) in [6.45, 7) is 0.874. The second-order valence-electron chi connectivity index (χ2n) is 6.04. The lowest BCUT2D eigenvalue weighted by atomic mass is 10.0. The number of amides is 2. The van der Waals surface area contributed by atoms with Crippen LogP contribution in [-0.4, -0.2) is 42.3 Å². The molecular weight excluding hydrogens is 336 g/mol. The summed E-state index contributed by atoms with van der Waals surface area (Å²) in [5.41, 5.74) is 6.08. The fourth-order valence-corrected chi connectivity index (χ4v) is 2.73. The van der Waals surface area contributed by atoms with Crippen molar-refractivity contribution in [2.45, 2.75) is 18.6 Å². The number of hydrogen-bond acceptors (Lipinski definition) is 5. The highest BCUT2D eigenvalue weighted by atomic mass is 16.5. The van der Waals surface area contributed by atoms with Crippen molar-refractivity contribution in [1.82, 2.24) is 5.32 Å². The maximum absolute atomic E-state index is 12.4. The molecule has 4 N–H and O–H groups in total. The van der Waals surface area contributed by atoms with E-state index in [0.29, 0.717) is 36.5 Å². The molecule has 0 spiro atoms. The van der Waals surface area contributed by atoms with E-state index < -0.39 is 5.91 Å². The highest BCUT2D eigenvalue weighted by molar-refractivity contribution is 5.94. The summed E-state index contributed by atoms with van der Waals surface area (Å²) in [6.07, 6.45) is 0.262. The Morgan fingerprint density at radius 1 is 1.08 bits per heavy atom. The molecule has 0 bridgehead atoms. The van der Waals surface area contributed by atoms with Crippen LogP contribution in [0.1, 0.15) is 27.1 Å². The van der Waals surface area contributed by atoms with Gasteiger partial charge in [-0.1, -0.05) is 0 Å². The van der Waals surface area contributed by atoms with Crippen molar-refractivity contribution in [3.8, 4) is 11.5 Å². The molecule has 1 fully saturated rings. The van der Waals surface area contributed by atoms with Crippen LogP contribution in [0.4, 0.5) is 0 Å². The average molecular weight is 356 g/mol. The van der Waals surface area contributed by atoms with Gasteiger partial charge in [0.25, 0.3) is 5.91 Å². The zero-order chi connectivity index (χ0) is 18.5. The summed E-state index contributed by atoms with van der Waals surface area (Å²) < 4.78 is 11.4. The first-order valence-corrected chi connectivity index (χ1v) is 8.27. The number of primary amides is 1. The molecule has 0 aliphatic carbocycles. The van der Waals surface area contributed by atoms with E-state index in [1.165, 1.54) is 12.1 Å². The maximum atomic E-state index is 12.4. The minimum Gasteiger partial charge on any atom is -0.508 e. The van der Waals surface area contributed by atoms with Crippen molar-refractivity contribution in [1.29, 1.82) is 0 Å². The molecule has 2 amide bonds. The highest BCUT2D eigenvalue weighted by Gasteiger charge is 2.29. The number of phenolic OH excluding ortho intramolecular Hbond substituents is 1. The molecular formula is C19H20N2O5. The predicted octanol–water partition coefficient (Wildman–Crippen LogP) is 1.46. The summed E-state index contributed by atoms with van der Waals surface area (Å²) in [5, 5.41) is 12.3. The van der Waals surface area contributed by atoms with Crippen molar-refractivity contribution in [2.24, 2.45) is 5.73 Å². The van der Waals surface area contributed by atoms with E-state index in [9.17, 15) is 14.7 Å². The van der Waals surface area contributed by atoms with Crippen LogP contribution >= 0.6 is 0 Å². The van der Waals surface area contributed by atoms with Crippen LogP contribution in [0, 0.1) is 0 Å². The number of carbonyl (C=O) groups is 2. The Kier molecular flexibility index (Phi) is 5.38. The SMILES string of the molecule is NC(=O)c1ccc(OC2COCCC2NC(=O)c2ccc(O)cc2)cc1. The molecule has 2 aromatic rings. The molecule has 3 rings (SSSR count). The minimum absolute atomic E-state index is 0.105. The predicted molar refractivity (Wildman–Crippen MR) is 94.2 cm³/mol. The third-order valence-corrected chi connectivity index (χ3v) is 4.18. The van der Waals surface area contributed by atoms with E-state index >= 15 is 0 Å². The number of nitrogens with one attached hydrogen (secondary N) is 1. The number of benzene rings is 2. The molecule has 2 unspecified atom stereocenters. The summed E-state index contributed by atoms with van der Waals surface area (Å²) >= 11 is 0. The van der Waals surface area contributed by atoms with E-state index in [1.807, 2.05) is 0 Å². The van der Waals surface area contributed by atoms with Crippen LogP contribution in [0.2, 0.25) is 0 Å². The lowest BCUT2D eigenvalue weighted by Gasteiger charge is -2.32. The Morgan fingerprint density at radius 3 is 2.38 bits per heavy atom. The highest BCUT2D eigenvalue weighted by Crippen LogP contribution is 2.19. The van der Waals surface area contributed by atoms with E-state index in [0.717, 1.165) is 0 Å². The van der Waals surface area contributed by atoms with Crippen LogP contribution in [0.3, 0.4) is 0 Å². The van der Waals surface area contributed by atoms with Crippen LogP contribution in [0.15, 0.2) is 48.5 Å². The van der Waals surface area contributed by atoms with Gasteiger partial charge < -0.3 is 25.6 Å². The molecule has 1 aliphatic heterocycles. The van der Waals surface area contributed by atoms with E-state index in [-0.39, 0.29) is 23.8 Å². The van der Waals surface area contributed by atoms with Gasteiger partial charge in [-0.25, -0.2) is 0 Å². The molecule has 1 saturated heterocycles. The van der Waals surface area contributed by atoms with Crippen molar-refractivity contribution >= 4 is 11.8 Å². The smallest absolute Gasteiger partial charge is 0.251 e. The largest absolute Gasteiger partial charge is 0.508 e. The second-order valence-corrected chi connectivity index (χ2v) is 6.04. The van der Waals surface area contributed by atoms with Crippen molar-refractivity contribution in [3.63, 3.8) is 0 Å². The third-order valence-electron chi connectivity index (χ3n) is 4.18. The molecule has 7 heteroatoms. The first-order valence-electron chi connectivity index (χ1n) is 8.27. The molecule has 7 nitrogen and oxygen atoms in total. The first-order chi connectivity index (χ1) is 12.5. The number of phenols is 1. The average Bonchev–Trinajstić information content (AvgIpc) is 2.64. The third kappa shape index (κ3) is 4.31. The monoisotopic (exact) mass is 356 g/mol. The van der Waals surface area contributed by atoms with Gasteiger partial charge in [-0.3, -0.25) is 9.59 Å². The maximum Gasteiger partial charge on any atom is 0.251 e. The van der Waals surface area contributed by atoms with Gasteiger partial charge in [0.15, 0.2) is 0 Å². The molecule has 1 aliphatic rings. The molecule has 2 atom stereocenters. The summed E-state index contributed by atoms with van der Waals surface area (Å²) in [6, 6.07) is 12.3. The molecule has 0 aromatic heterocycles. The minimum atomic E-state index is -0.503. The number of nitrogens with two attached hydrogens (primary N) is 1. The number of carbonyl (C=O) groups excluding carboxylic acids is 2. The Bertz CT molecular complexity index is 774. The second kappa shape index (κ2) is 7.88. The Labute approximate surface area is 150 Å². The van der Waals surface area contributed by atoms with Crippen molar-refractivity contribution < 1.29 is 24.2 Å². The van der Waals surface area contributed by atoms with E-state index in [2.05, 4.69) is 5.32 Å². The normalized spacial score (nSPS) is 19.5. The zero-order valence-corrected chi connectivity index (χ0v) is 14.1. The Morgan fingerprint density at radius 2 is 1.73 bits per heavy atom. The van der Waals surface area contributed by atoms with Crippen molar-refractivity contribution in [3.05, 3.63) is 59.7 Å². The number of ether oxygens (including phenoxy) is 2. The fraction of sp³-hybridized carbons (Fsp3) is 0.263. The van der Waals surface area contributed by atoms with Gasteiger partial charge in [-0.15, -0.1) is 0 Å². The molecule has 26 heavy (non-hydrogen) atoms. The number of aromatic hydroxyl groups is 1. The zero-order valence-electron chi connectivity index (χ0n) is 14.1. The van der Waals surface area contributed by atoms with Gasteiger partial charge in [-0.05, 0) is 55.0 Å². The summed E-state index contributed by atoms with van der Waals surface area (Å²) in [4.78, 5) is 23.5. The Balaban J connectivity index is 1.66. The first kappa shape index (κ1) is 17.8. The van der Waals surface area contributed by atoms with E-state index in [1.54, 1.807) is 36.4 Å². The molecule has 1 heterocycles. The molecule has 136 valence electrons. The summed E-state index contributed by atoms with van der Waals surface area (Å²) in [5.74, 6) is -0.0752. The van der Waals surface area contributed by atoms with Crippen LogP contribution in [-0.2, 0) is 4.74 Å². The standard InChI is InChI=1S/C19H20N2O5/c20-18(23)12-3-7-15(8-4-12)26-17-11-25-10-9-16(17)21-19(24)13-1-5-14(22)6-2-13/h1-8,16-17,22H,9-11H2,(H2,20,23)(H,21,24). The quantitative estimate of drug-likeness (QED) is 0.751. The molecule has 2 aromatic carbocycles. The fourth-order valence-electron chi connectivity index (χ4n) is 2.73. The lowest BCUT2D eigenvalue weighted by molar-refractivity contribution is -0.0135. The number of hydrogen-bond donors (Lipinski definition) is 3. The number of rotatable bonds is 5. The van der Waals surface area contributed by atoms with Crippen LogP contribution in [0.25, 0.3) is 0 Å². The van der Waals surface area contributed by atoms with Crippen LogP contribution in [0.5, 0.6) is 11.5 Å². The van der Waals surface area contributed by atoms with Crippen LogP contribution < -0.4 is 15.8 Å². The van der Waals surface area contributed by atoms with E-state index in [4.69, 9.17) is 15.2 Å². The lowest BCUT2D eigenvalue weighted by Crippen LogP contribution is -2.51. The van der Waals surface area contributed by atoms with Gasteiger partial charge in [-0.2, -0.15) is 0 Å². The molecule has 0 radical (unpaired) electrons.